The number of thiophene rings is 1. The van der Waals surface area contributed by atoms with E-state index in [9.17, 15) is 19.2 Å². The summed E-state index contributed by atoms with van der Waals surface area (Å²) < 4.78 is 0. The maximum atomic E-state index is 12.4. The number of nitrogens with zero attached hydrogens (tertiary/aromatic N) is 3. The number of carbonyl (C=O) groups excluding carboxylic acids is 4. The Balaban J connectivity index is 1.27. The monoisotopic (exact) mass is 440 g/mol. The van der Waals surface area contributed by atoms with Crippen molar-refractivity contribution in [2.24, 2.45) is 0 Å². The van der Waals surface area contributed by atoms with Gasteiger partial charge in [-0.1, -0.05) is 29.5 Å². The molecule has 1 aliphatic rings. The first-order valence-electron chi connectivity index (χ1n) is 9.17. The van der Waals surface area contributed by atoms with E-state index in [1.807, 2.05) is 5.38 Å². The van der Waals surface area contributed by atoms with Crippen LogP contribution in [-0.4, -0.2) is 45.1 Å². The summed E-state index contributed by atoms with van der Waals surface area (Å²) in [4.78, 5) is 50.6. The number of hydrogen-bond acceptors (Lipinski definition) is 8. The molecule has 0 bridgehead atoms. The highest BCUT2D eigenvalue weighted by Crippen LogP contribution is 2.23. The Labute approximate surface area is 179 Å². The lowest BCUT2D eigenvalue weighted by Gasteiger charge is -2.12. The number of carbonyl (C=O) groups is 4. The fraction of sp³-hybridized carbons (Fsp3) is 0.200. The molecule has 3 heterocycles. The highest BCUT2D eigenvalue weighted by Gasteiger charge is 2.34. The molecule has 1 aromatic carbocycles. The Morgan fingerprint density at radius 1 is 0.967 bits per heavy atom. The van der Waals surface area contributed by atoms with Crippen molar-refractivity contribution in [2.45, 2.75) is 19.3 Å². The number of aromatic nitrogens is 2. The first-order chi connectivity index (χ1) is 14.5. The van der Waals surface area contributed by atoms with Gasteiger partial charge in [0.15, 0.2) is 5.78 Å². The van der Waals surface area contributed by atoms with E-state index in [-0.39, 0.29) is 42.9 Å². The maximum absolute atomic E-state index is 12.4. The lowest BCUT2D eigenvalue weighted by atomic mass is 10.1. The zero-order chi connectivity index (χ0) is 21.1. The zero-order valence-electron chi connectivity index (χ0n) is 15.7. The van der Waals surface area contributed by atoms with Crippen molar-refractivity contribution in [1.29, 1.82) is 0 Å². The minimum absolute atomic E-state index is 0.0562. The van der Waals surface area contributed by atoms with Gasteiger partial charge in [-0.3, -0.25) is 24.1 Å². The molecular formula is C20H16N4O4S2. The van der Waals surface area contributed by atoms with E-state index in [2.05, 4.69) is 15.5 Å². The molecule has 0 fully saturated rings. The number of hydrogen-bond donors (Lipinski definition) is 1. The predicted octanol–water partition coefficient (Wildman–Crippen LogP) is 3.04. The van der Waals surface area contributed by atoms with E-state index in [4.69, 9.17) is 0 Å². The van der Waals surface area contributed by atoms with Gasteiger partial charge >= 0.3 is 0 Å². The summed E-state index contributed by atoms with van der Waals surface area (Å²) in [6.07, 6.45) is 0.522. The Morgan fingerprint density at radius 3 is 2.37 bits per heavy atom. The van der Waals surface area contributed by atoms with Crippen LogP contribution in [-0.2, 0) is 11.2 Å². The molecule has 3 amide bonds. The number of ketones is 1. The van der Waals surface area contributed by atoms with E-state index < -0.39 is 0 Å². The largest absolute Gasteiger partial charge is 0.301 e. The van der Waals surface area contributed by atoms with Crippen LogP contribution in [0.4, 0.5) is 5.13 Å². The molecule has 30 heavy (non-hydrogen) atoms. The highest BCUT2D eigenvalue weighted by atomic mass is 32.1. The van der Waals surface area contributed by atoms with Gasteiger partial charge in [-0.2, -0.15) is 0 Å². The van der Waals surface area contributed by atoms with Crippen molar-refractivity contribution in [3.05, 3.63) is 62.8 Å². The van der Waals surface area contributed by atoms with E-state index in [1.165, 1.54) is 27.6 Å². The average Bonchev–Trinajstić information content (AvgIpc) is 3.48. The molecule has 1 aliphatic heterocycles. The van der Waals surface area contributed by atoms with Gasteiger partial charge in [0.2, 0.25) is 11.0 Å². The molecule has 0 saturated carbocycles. The number of imide groups is 1. The van der Waals surface area contributed by atoms with Gasteiger partial charge in [0.25, 0.3) is 11.8 Å². The van der Waals surface area contributed by atoms with Crippen molar-refractivity contribution in [1.82, 2.24) is 15.1 Å². The van der Waals surface area contributed by atoms with Crippen LogP contribution in [0, 0.1) is 0 Å². The van der Waals surface area contributed by atoms with Crippen LogP contribution in [0.25, 0.3) is 0 Å². The Hall–Kier alpha value is -3.24. The quantitative estimate of drug-likeness (QED) is 0.426. The molecule has 0 aliphatic carbocycles. The maximum Gasteiger partial charge on any atom is 0.261 e. The van der Waals surface area contributed by atoms with Crippen molar-refractivity contribution >= 4 is 51.3 Å². The third-order valence-electron chi connectivity index (χ3n) is 4.52. The molecular weight excluding hydrogens is 424 g/mol. The molecule has 0 spiro atoms. The van der Waals surface area contributed by atoms with Gasteiger partial charge in [0.1, 0.15) is 5.01 Å². The van der Waals surface area contributed by atoms with Crippen LogP contribution in [0.1, 0.15) is 48.2 Å². The lowest BCUT2D eigenvalue weighted by molar-refractivity contribution is -0.116. The third-order valence-corrected chi connectivity index (χ3v) is 6.33. The van der Waals surface area contributed by atoms with Crippen molar-refractivity contribution in [2.75, 3.05) is 11.9 Å². The molecule has 0 atom stereocenters. The number of Topliss-reactive ketones (excluding diaryl/α,β-unsaturated/α-hetero) is 1. The van der Waals surface area contributed by atoms with Gasteiger partial charge in [-0.25, -0.2) is 0 Å². The molecule has 152 valence electrons. The van der Waals surface area contributed by atoms with Gasteiger partial charge in [-0.15, -0.1) is 21.5 Å². The SMILES string of the molecule is O=C(CCC(=O)c1cccs1)Nc1nnc(CCN2C(=O)c3ccccc3C2=O)s1. The van der Waals surface area contributed by atoms with E-state index >= 15 is 0 Å². The first kappa shape index (κ1) is 20.0. The lowest BCUT2D eigenvalue weighted by Crippen LogP contribution is -2.31. The highest BCUT2D eigenvalue weighted by molar-refractivity contribution is 7.15. The second-order valence-electron chi connectivity index (χ2n) is 6.51. The number of benzene rings is 1. The molecule has 3 aromatic rings. The standard InChI is InChI=1S/C20H16N4O4S2/c25-14(15-6-3-11-29-15)7-8-16(26)21-20-23-22-17(30-20)9-10-24-18(27)12-4-1-2-5-13(12)19(24)28/h1-6,11H,7-10H2,(H,21,23,26). The average molecular weight is 441 g/mol. The number of fused-ring (bicyclic) bond motifs is 1. The van der Waals surface area contributed by atoms with E-state index in [1.54, 1.807) is 36.4 Å². The fourth-order valence-electron chi connectivity index (χ4n) is 3.02. The predicted molar refractivity (Wildman–Crippen MR) is 112 cm³/mol. The molecule has 10 heteroatoms. The Kier molecular flexibility index (Phi) is 5.77. The summed E-state index contributed by atoms with van der Waals surface area (Å²) >= 11 is 2.53. The molecule has 2 aromatic heterocycles. The zero-order valence-corrected chi connectivity index (χ0v) is 17.3. The van der Waals surface area contributed by atoms with Crippen LogP contribution in [0.5, 0.6) is 0 Å². The summed E-state index contributed by atoms with van der Waals surface area (Å²) in [7, 11) is 0. The fourth-order valence-corrected chi connectivity index (χ4v) is 4.46. The van der Waals surface area contributed by atoms with Crippen molar-refractivity contribution in [3.63, 3.8) is 0 Å². The van der Waals surface area contributed by atoms with Gasteiger partial charge < -0.3 is 5.32 Å². The Morgan fingerprint density at radius 2 is 1.70 bits per heavy atom. The molecule has 8 nitrogen and oxygen atoms in total. The number of rotatable bonds is 8. The summed E-state index contributed by atoms with van der Waals surface area (Å²) in [5.74, 6) is -1.02. The summed E-state index contributed by atoms with van der Waals surface area (Å²) in [6, 6.07) is 10.2. The van der Waals surface area contributed by atoms with Gasteiger partial charge in [0, 0.05) is 25.8 Å². The minimum atomic E-state index is -0.317. The van der Waals surface area contributed by atoms with Crippen LogP contribution in [0.2, 0.25) is 0 Å². The van der Waals surface area contributed by atoms with Gasteiger partial charge in [-0.05, 0) is 23.6 Å². The number of nitrogens with one attached hydrogen (secondary N) is 1. The smallest absolute Gasteiger partial charge is 0.261 e. The second-order valence-corrected chi connectivity index (χ2v) is 8.52. The summed E-state index contributed by atoms with van der Waals surface area (Å²) in [5.41, 5.74) is 0.814. The topological polar surface area (TPSA) is 109 Å². The summed E-state index contributed by atoms with van der Waals surface area (Å²) in [6.45, 7) is 0.185. The molecule has 0 saturated heterocycles. The minimum Gasteiger partial charge on any atom is -0.301 e. The van der Waals surface area contributed by atoms with E-state index in [0.717, 1.165) is 0 Å². The first-order valence-corrected chi connectivity index (χ1v) is 10.9. The van der Waals surface area contributed by atoms with Crippen molar-refractivity contribution < 1.29 is 19.2 Å². The molecule has 1 N–H and O–H groups in total. The molecule has 0 radical (unpaired) electrons. The van der Waals surface area contributed by atoms with E-state index in [0.29, 0.717) is 32.6 Å². The normalized spacial score (nSPS) is 12.9. The third kappa shape index (κ3) is 4.19. The Bertz CT molecular complexity index is 1090. The van der Waals surface area contributed by atoms with Gasteiger partial charge in [0.05, 0.1) is 16.0 Å². The summed E-state index contributed by atoms with van der Waals surface area (Å²) in [5, 5.41) is 13.3. The van der Waals surface area contributed by atoms with Crippen LogP contribution < -0.4 is 5.32 Å². The van der Waals surface area contributed by atoms with Crippen LogP contribution in [0.3, 0.4) is 0 Å². The van der Waals surface area contributed by atoms with Crippen molar-refractivity contribution in [3.8, 4) is 0 Å². The van der Waals surface area contributed by atoms with Crippen LogP contribution in [0.15, 0.2) is 41.8 Å². The molecule has 0 unspecified atom stereocenters. The molecule has 4 rings (SSSR count). The number of amides is 3. The number of anilines is 1. The van der Waals surface area contributed by atoms with Crippen LogP contribution >= 0.6 is 22.7 Å². The second kappa shape index (κ2) is 8.64.